The Balaban J connectivity index is 1.87. The van der Waals surface area contributed by atoms with E-state index in [4.69, 9.17) is 9.47 Å². The fourth-order valence-corrected chi connectivity index (χ4v) is 4.12. The molecule has 0 spiro atoms. The smallest absolute Gasteiger partial charge is 0.433 e. The Labute approximate surface area is 186 Å². The molecule has 0 unspecified atom stereocenters. The van der Waals surface area contributed by atoms with Crippen LogP contribution in [0.2, 0.25) is 0 Å². The Morgan fingerprint density at radius 3 is 2.34 bits per heavy atom. The molecule has 1 saturated heterocycles. The first-order chi connectivity index (χ1) is 15.0. The molecular formula is C20H25F3N2O6S. The minimum absolute atomic E-state index is 0.176. The molecule has 3 rings (SSSR count). The number of ether oxygens (including phenoxy) is 2. The third kappa shape index (κ3) is 5.56. The van der Waals surface area contributed by atoms with Crippen molar-refractivity contribution in [3.63, 3.8) is 0 Å². The van der Waals surface area contributed by atoms with Gasteiger partial charge in [-0.05, 0) is 17.7 Å². The van der Waals surface area contributed by atoms with Crippen molar-refractivity contribution in [1.82, 2.24) is 10.2 Å². The number of aliphatic hydroxyl groups excluding tert-OH is 4. The summed E-state index contributed by atoms with van der Waals surface area (Å²) in [5.74, 6) is -0.470. The Kier molecular flexibility index (Phi) is 7.73. The number of aromatic amines is 1. The molecule has 0 amide bonds. The van der Waals surface area contributed by atoms with Gasteiger partial charge in [0.25, 0.3) is 0 Å². The van der Waals surface area contributed by atoms with Gasteiger partial charge >= 0.3 is 6.18 Å². The summed E-state index contributed by atoms with van der Waals surface area (Å²) in [6.45, 7) is 3.36. The quantitative estimate of drug-likeness (QED) is 0.381. The van der Waals surface area contributed by atoms with E-state index in [-0.39, 0.29) is 12.0 Å². The second-order valence-electron chi connectivity index (χ2n) is 7.68. The predicted molar refractivity (Wildman–Crippen MR) is 108 cm³/mol. The minimum atomic E-state index is -4.74. The number of nitrogens with one attached hydrogen (secondary N) is 1. The number of rotatable bonds is 7. The Morgan fingerprint density at radius 2 is 1.78 bits per heavy atom. The van der Waals surface area contributed by atoms with Crippen molar-refractivity contribution in [2.24, 2.45) is 0 Å². The maximum atomic E-state index is 13.5. The Hall–Kier alpha value is -1.83. The second-order valence-corrected chi connectivity index (χ2v) is 9.33. The van der Waals surface area contributed by atoms with Gasteiger partial charge in [-0.25, -0.2) is 0 Å². The molecule has 8 nitrogen and oxygen atoms in total. The van der Waals surface area contributed by atoms with E-state index in [1.54, 1.807) is 23.9 Å². The molecule has 32 heavy (non-hydrogen) atoms. The minimum Gasteiger partial charge on any atom is -0.443 e. The van der Waals surface area contributed by atoms with Crippen LogP contribution in [-0.4, -0.2) is 73.2 Å². The van der Waals surface area contributed by atoms with Crippen molar-refractivity contribution in [2.75, 3.05) is 6.61 Å². The number of nitrogens with zero attached hydrogens (tertiary/aromatic N) is 1. The van der Waals surface area contributed by atoms with Crippen LogP contribution >= 0.6 is 11.8 Å². The Bertz CT molecular complexity index is 890. The van der Waals surface area contributed by atoms with E-state index in [0.717, 1.165) is 4.90 Å². The van der Waals surface area contributed by atoms with Crippen LogP contribution in [0.1, 0.15) is 30.7 Å². The van der Waals surface area contributed by atoms with Gasteiger partial charge in [-0.3, -0.25) is 5.10 Å². The number of hydrogen-bond acceptors (Lipinski definition) is 8. The summed E-state index contributed by atoms with van der Waals surface area (Å²) in [6, 6.07) is 7.03. The SMILES string of the molecule is CC(C)Sc1ccc(Cc2c(O[C@@H]3O[C@H](CO)[C@@H](O)[C@H](O)[C@H]3O)n[nH]c2C(F)(F)F)cc1. The number of halogens is 3. The summed E-state index contributed by atoms with van der Waals surface area (Å²) in [4.78, 5) is 0.977. The first-order valence-electron chi connectivity index (χ1n) is 9.88. The van der Waals surface area contributed by atoms with Gasteiger partial charge in [0, 0.05) is 16.6 Å². The summed E-state index contributed by atoms with van der Waals surface area (Å²) >= 11 is 1.62. The van der Waals surface area contributed by atoms with Crippen molar-refractivity contribution in [1.29, 1.82) is 0 Å². The highest BCUT2D eigenvalue weighted by Crippen LogP contribution is 2.37. The van der Waals surface area contributed by atoms with Gasteiger partial charge in [0.2, 0.25) is 12.2 Å². The highest BCUT2D eigenvalue weighted by atomic mass is 32.2. The van der Waals surface area contributed by atoms with Crippen LogP contribution < -0.4 is 4.74 Å². The lowest BCUT2D eigenvalue weighted by Crippen LogP contribution is -2.60. The first-order valence-corrected chi connectivity index (χ1v) is 10.8. The van der Waals surface area contributed by atoms with Gasteiger partial charge in [-0.2, -0.15) is 13.2 Å². The molecule has 5 atom stereocenters. The van der Waals surface area contributed by atoms with E-state index in [0.29, 0.717) is 10.8 Å². The van der Waals surface area contributed by atoms with Crippen LogP contribution in [0.5, 0.6) is 5.88 Å². The van der Waals surface area contributed by atoms with Crippen molar-refractivity contribution >= 4 is 11.8 Å². The van der Waals surface area contributed by atoms with Gasteiger partial charge in [0.1, 0.15) is 30.1 Å². The molecule has 0 saturated carbocycles. The van der Waals surface area contributed by atoms with E-state index in [9.17, 15) is 33.6 Å². The van der Waals surface area contributed by atoms with Crippen molar-refractivity contribution in [2.45, 2.75) is 67.3 Å². The van der Waals surface area contributed by atoms with E-state index in [1.165, 1.54) is 0 Å². The second kappa shape index (κ2) is 9.98. The maximum Gasteiger partial charge on any atom is 0.433 e. The molecule has 2 aromatic rings. The lowest BCUT2D eigenvalue weighted by molar-refractivity contribution is -0.278. The van der Waals surface area contributed by atoms with Gasteiger partial charge in [0.05, 0.1) is 12.2 Å². The third-order valence-electron chi connectivity index (χ3n) is 4.86. The normalized spacial score (nSPS) is 26.5. The van der Waals surface area contributed by atoms with Crippen LogP contribution in [0.4, 0.5) is 13.2 Å². The van der Waals surface area contributed by atoms with Gasteiger partial charge < -0.3 is 29.9 Å². The number of aliphatic hydroxyl groups is 4. The average Bonchev–Trinajstić information content (AvgIpc) is 3.12. The standard InChI is InChI=1S/C20H25F3N2O6S/c1-9(2)32-11-5-3-10(4-6-11)7-12-17(20(21,22)23)24-25-18(12)31-19-16(29)15(28)14(27)13(8-26)30-19/h3-6,9,13-16,19,26-29H,7-8H2,1-2H3,(H,24,25)/t13-,14-,15+,16-,19+/m1/s1. The molecule has 178 valence electrons. The van der Waals surface area contributed by atoms with Crippen LogP contribution in [0.15, 0.2) is 29.2 Å². The number of benzene rings is 1. The Morgan fingerprint density at radius 1 is 1.12 bits per heavy atom. The fourth-order valence-electron chi connectivity index (χ4n) is 3.28. The monoisotopic (exact) mass is 478 g/mol. The molecule has 1 fully saturated rings. The third-order valence-corrected chi connectivity index (χ3v) is 5.88. The topological polar surface area (TPSA) is 128 Å². The molecule has 0 bridgehead atoms. The summed E-state index contributed by atoms with van der Waals surface area (Å²) < 4.78 is 51.2. The largest absolute Gasteiger partial charge is 0.443 e. The molecular weight excluding hydrogens is 453 g/mol. The first kappa shape index (κ1) is 24.8. The predicted octanol–water partition coefficient (Wildman–Crippen LogP) is 1.70. The van der Waals surface area contributed by atoms with Gasteiger partial charge in [-0.15, -0.1) is 16.9 Å². The van der Waals surface area contributed by atoms with Crippen LogP contribution in [-0.2, 0) is 17.3 Å². The number of aromatic nitrogens is 2. The highest BCUT2D eigenvalue weighted by Gasteiger charge is 2.46. The van der Waals surface area contributed by atoms with Crippen LogP contribution in [0, 0.1) is 0 Å². The highest BCUT2D eigenvalue weighted by molar-refractivity contribution is 7.99. The lowest BCUT2D eigenvalue weighted by Gasteiger charge is -2.39. The molecule has 0 radical (unpaired) electrons. The van der Waals surface area contributed by atoms with E-state index < -0.39 is 55.1 Å². The molecule has 1 aromatic heterocycles. The van der Waals surface area contributed by atoms with Crippen molar-refractivity contribution < 1.29 is 43.1 Å². The molecule has 1 aromatic carbocycles. The van der Waals surface area contributed by atoms with Gasteiger partial charge in [0.15, 0.2) is 0 Å². The van der Waals surface area contributed by atoms with Crippen molar-refractivity contribution in [3.05, 3.63) is 41.1 Å². The molecule has 2 heterocycles. The summed E-state index contributed by atoms with van der Waals surface area (Å²) in [6.07, 6.45) is -13.0. The van der Waals surface area contributed by atoms with E-state index in [2.05, 4.69) is 5.10 Å². The molecule has 1 aliphatic rings. The van der Waals surface area contributed by atoms with E-state index >= 15 is 0 Å². The number of hydrogen-bond donors (Lipinski definition) is 5. The summed E-state index contributed by atoms with van der Waals surface area (Å²) in [5.41, 5.74) is -0.847. The zero-order valence-electron chi connectivity index (χ0n) is 17.3. The lowest BCUT2D eigenvalue weighted by atomic mass is 9.99. The zero-order chi connectivity index (χ0) is 23.6. The van der Waals surface area contributed by atoms with Crippen LogP contribution in [0.3, 0.4) is 0 Å². The molecule has 12 heteroatoms. The van der Waals surface area contributed by atoms with Gasteiger partial charge in [-0.1, -0.05) is 26.0 Å². The average molecular weight is 478 g/mol. The number of thioether (sulfide) groups is 1. The number of alkyl halides is 3. The number of H-pyrrole nitrogens is 1. The maximum absolute atomic E-state index is 13.5. The fraction of sp³-hybridized carbons (Fsp3) is 0.550. The van der Waals surface area contributed by atoms with E-state index in [1.807, 2.05) is 31.1 Å². The summed E-state index contributed by atoms with van der Waals surface area (Å²) in [7, 11) is 0. The van der Waals surface area contributed by atoms with Crippen molar-refractivity contribution in [3.8, 4) is 5.88 Å². The van der Waals surface area contributed by atoms with Crippen LogP contribution in [0.25, 0.3) is 0 Å². The zero-order valence-corrected chi connectivity index (χ0v) is 18.1. The molecule has 0 aliphatic carbocycles. The molecule has 5 N–H and O–H groups in total. The summed E-state index contributed by atoms with van der Waals surface area (Å²) in [5, 5.41) is 45.0. The molecule has 1 aliphatic heterocycles.